The molecule has 2 aromatic carbocycles. The van der Waals surface area contributed by atoms with Crippen molar-refractivity contribution < 1.29 is 23.5 Å². The second-order valence-corrected chi connectivity index (χ2v) is 8.86. The van der Waals surface area contributed by atoms with E-state index in [1.807, 2.05) is 43.3 Å². The summed E-state index contributed by atoms with van der Waals surface area (Å²) in [5, 5.41) is 2.80. The van der Waals surface area contributed by atoms with Crippen LogP contribution in [0.2, 0.25) is 0 Å². The molecule has 2 fully saturated rings. The number of fused-ring (bicyclic) bond motifs is 1. The Hall–Kier alpha value is -3.66. The fourth-order valence-corrected chi connectivity index (χ4v) is 4.23. The van der Waals surface area contributed by atoms with E-state index in [0.29, 0.717) is 45.1 Å². The second kappa shape index (κ2) is 10.7. The van der Waals surface area contributed by atoms with Crippen LogP contribution >= 0.6 is 0 Å². The minimum atomic E-state index is -0.605. The number of imide groups is 1. The number of nitrogens with one attached hydrogen (secondary N) is 1. The number of amides is 4. The first-order valence-corrected chi connectivity index (χ1v) is 11.6. The number of halogens is 1. The van der Waals surface area contributed by atoms with Gasteiger partial charge in [0.15, 0.2) is 0 Å². The lowest BCUT2D eigenvalue weighted by molar-refractivity contribution is -0.133. The maximum absolute atomic E-state index is 13.0. The zero-order valence-electron chi connectivity index (χ0n) is 19.9. The number of hydrogen-bond acceptors (Lipinski definition) is 6. The van der Waals surface area contributed by atoms with E-state index in [1.54, 1.807) is 12.1 Å². The maximum Gasteiger partial charge on any atom is 0.328 e. The first-order chi connectivity index (χ1) is 16.8. The van der Waals surface area contributed by atoms with Crippen molar-refractivity contribution in [2.45, 2.75) is 12.6 Å². The summed E-state index contributed by atoms with van der Waals surface area (Å²) in [6.07, 6.45) is 0. The van der Waals surface area contributed by atoms with Crippen LogP contribution in [0.1, 0.15) is 5.56 Å². The largest absolute Gasteiger partial charge is 0.492 e. The van der Waals surface area contributed by atoms with Crippen LogP contribution in [0.5, 0.6) is 5.75 Å². The predicted molar refractivity (Wildman–Crippen MR) is 129 cm³/mol. The molecule has 2 aromatic rings. The third kappa shape index (κ3) is 5.89. The van der Waals surface area contributed by atoms with E-state index in [2.05, 4.69) is 10.2 Å². The first kappa shape index (κ1) is 24.5. The van der Waals surface area contributed by atoms with Gasteiger partial charge in [0.1, 0.15) is 30.8 Å². The fourth-order valence-electron chi connectivity index (χ4n) is 4.23. The summed E-state index contributed by atoms with van der Waals surface area (Å²) in [7, 11) is 3.88. The minimum absolute atomic E-state index is 0.300. The highest BCUT2D eigenvalue weighted by Gasteiger charge is 2.47. The molecule has 0 spiro atoms. The molecule has 1 atom stereocenters. The number of carbonyl (C=O) groups excluding carboxylic acids is 3. The molecule has 2 saturated heterocycles. The van der Waals surface area contributed by atoms with Crippen LogP contribution in [0, 0.1) is 5.82 Å². The Labute approximate surface area is 204 Å². The van der Waals surface area contributed by atoms with Crippen molar-refractivity contribution in [2.75, 3.05) is 58.3 Å². The van der Waals surface area contributed by atoms with Gasteiger partial charge in [-0.2, -0.15) is 0 Å². The topological polar surface area (TPSA) is 85.4 Å². The van der Waals surface area contributed by atoms with Gasteiger partial charge in [-0.25, -0.2) is 9.18 Å². The van der Waals surface area contributed by atoms with Crippen LogP contribution in [-0.4, -0.2) is 92.0 Å². The summed E-state index contributed by atoms with van der Waals surface area (Å²) in [5.41, 5.74) is 1.95. The molecule has 0 aliphatic carbocycles. The molecule has 35 heavy (non-hydrogen) atoms. The van der Waals surface area contributed by atoms with Gasteiger partial charge in [-0.3, -0.25) is 19.4 Å². The molecule has 4 amide bonds. The molecule has 9 nitrogen and oxygen atoms in total. The van der Waals surface area contributed by atoms with E-state index in [9.17, 15) is 18.8 Å². The Morgan fingerprint density at radius 2 is 1.91 bits per heavy atom. The van der Waals surface area contributed by atoms with Crippen molar-refractivity contribution in [3.8, 4) is 5.75 Å². The molecular formula is C25H30FN5O4. The van der Waals surface area contributed by atoms with Gasteiger partial charge >= 0.3 is 6.03 Å². The Morgan fingerprint density at radius 1 is 1.14 bits per heavy atom. The molecule has 1 N–H and O–H groups in total. The summed E-state index contributed by atoms with van der Waals surface area (Å²) in [6, 6.07) is 12.5. The van der Waals surface area contributed by atoms with Crippen molar-refractivity contribution in [3.05, 3.63) is 59.9 Å². The zero-order chi connectivity index (χ0) is 24.9. The average Bonchev–Trinajstić information content (AvgIpc) is 3.08. The third-order valence-electron chi connectivity index (χ3n) is 6.20. The van der Waals surface area contributed by atoms with E-state index >= 15 is 0 Å². The second-order valence-electron chi connectivity index (χ2n) is 8.86. The van der Waals surface area contributed by atoms with Crippen LogP contribution in [0.15, 0.2) is 48.5 Å². The Morgan fingerprint density at radius 3 is 2.66 bits per heavy atom. The molecule has 2 aliphatic rings. The van der Waals surface area contributed by atoms with Crippen LogP contribution < -0.4 is 15.0 Å². The van der Waals surface area contributed by atoms with Crippen molar-refractivity contribution in [1.29, 1.82) is 0 Å². The number of ether oxygens (including phenoxy) is 1. The maximum atomic E-state index is 13.0. The molecule has 4 rings (SSSR count). The SMILES string of the molecule is CN(C)c1cccc(CNC(=O)CN2C(=O)C3CN(CCOc4ccc(F)cc4)CCN3C2=O)c1. The number of carbonyl (C=O) groups is 3. The molecule has 2 aliphatic heterocycles. The Bertz CT molecular complexity index is 1080. The lowest BCUT2D eigenvalue weighted by Crippen LogP contribution is -2.53. The van der Waals surface area contributed by atoms with E-state index in [1.165, 1.54) is 17.0 Å². The van der Waals surface area contributed by atoms with Crippen molar-refractivity contribution in [3.63, 3.8) is 0 Å². The number of anilines is 1. The average molecular weight is 484 g/mol. The van der Waals surface area contributed by atoms with Crippen molar-refractivity contribution in [2.24, 2.45) is 0 Å². The minimum Gasteiger partial charge on any atom is -0.492 e. The van der Waals surface area contributed by atoms with Crippen LogP contribution in [0.3, 0.4) is 0 Å². The molecular weight excluding hydrogens is 453 g/mol. The number of piperazine rings is 1. The number of benzene rings is 2. The summed E-state index contributed by atoms with van der Waals surface area (Å²) in [6.45, 7) is 2.34. The molecule has 0 saturated carbocycles. The number of rotatable bonds is 9. The highest BCUT2D eigenvalue weighted by molar-refractivity contribution is 6.06. The van der Waals surface area contributed by atoms with Crippen LogP contribution in [-0.2, 0) is 16.1 Å². The van der Waals surface area contributed by atoms with Gasteiger partial charge in [0, 0.05) is 52.5 Å². The van der Waals surface area contributed by atoms with Crippen LogP contribution in [0.25, 0.3) is 0 Å². The summed E-state index contributed by atoms with van der Waals surface area (Å²) >= 11 is 0. The zero-order valence-corrected chi connectivity index (χ0v) is 19.9. The fraction of sp³-hybridized carbons (Fsp3) is 0.400. The first-order valence-electron chi connectivity index (χ1n) is 11.6. The molecule has 2 heterocycles. The van der Waals surface area contributed by atoms with Gasteiger partial charge in [-0.15, -0.1) is 0 Å². The standard InChI is InChI=1S/C25H30FN5O4/c1-28(2)20-5-3-4-18(14-20)15-27-23(32)17-31-24(33)22-16-29(10-11-30(22)25(31)34)12-13-35-21-8-6-19(26)7-9-21/h3-9,14,22H,10-13,15-17H2,1-2H3,(H,27,32). The van der Waals surface area contributed by atoms with Gasteiger partial charge in [-0.05, 0) is 42.0 Å². The summed E-state index contributed by atoms with van der Waals surface area (Å²) in [5.74, 6) is -0.493. The molecule has 0 aromatic heterocycles. The van der Waals surface area contributed by atoms with E-state index < -0.39 is 12.1 Å². The summed E-state index contributed by atoms with van der Waals surface area (Å²) < 4.78 is 18.6. The highest BCUT2D eigenvalue weighted by atomic mass is 19.1. The normalized spacial score (nSPS) is 18.0. The van der Waals surface area contributed by atoms with E-state index in [4.69, 9.17) is 4.74 Å². The molecule has 186 valence electrons. The lowest BCUT2D eigenvalue weighted by atomic mass is 10.2. The number of hydrogen-bond donors (Lipinski definition) is 1. The third-order valence-corrected chi connectivity index (χ3v) is 6.20. The number of nitrogens with zero attached hydrogens (tertiary/aromatic N) is 4. The predicted octanol–water partition coefficient (Wildman–Crippen LogP) is 1.54. The summed E-state index contributed by atoms with van der Waals surface area (Å²) in [4.78, 5) is 44.8. The van der Waals surface area contributed by atoms with Crippen molar-refractivity contribution >= 4 is 23.5 Å². The molecule has 10 heteroatoms. The van der Waals surface area contributed by atoms with Crippen LogP contribution in [0.4, 0.5) is 14.9 Å². The van der Waals surface area contributed by atoms with Gasteiger partial charge in [0.2, 0.25) is 5.91 Å². The quantitative estimate of drug-likeness (QED) is 0.545. The van der Waals surface area contributed by atoms with E-state index in [0.717, 1.165) is 16.2 Å². The lowest BCUT2D eigenvalue weighted by Gasteiger charge is -2.35. The van der Waals surface area contributed by atoms with Gasteiger partial charge < -0.3 is 19.9 Å². The Kier molecular flexibility index (Phi) is 7.50. The van der Waals surface area contributed by atoms with Gasteiger partial charge in [0.25, 0.3) is 5.91 Å². The van der Waals surface area contributed by atoms with Gasteiger partial charge in [-0.1, -0.05) is 12.1 Å². The highest BCUT2D eigenvalue weighted by Crippen LogP contribution is 2.22. The molecule has 1 unspecified atom stereocenters. The molecule has 0 bridgehead atoms. The Balaban J connectivity index is 1.26. The van der Waals surface area contributed by atoms with E-state index in [-0.39, 0.29) is 24.2 Å². The van der Waals surface area contributed by atoms with Crippen molar-refractivity contribution in [1.82, 2.24) is 20.0 Å². The monoisotopic (exact) mass is 483 g/mol. The smallest absolute Gasteiger partial charge is 0.328 e. The molecule has 0 radical (unpaired) electrons. The van der Waals surface area contributed by atoms with Gasteiger partial charge in [0.05, 0.1) is 0 Å². The number of urea groups is 1.